The van der Waals surface area contributed by atoms with E-state index in [1.54, 1.807) is 11.9 Å². The van der Waals surface area contributed by atoms with Crippen LogP contribution < -0.4 is 10.2 Å². The number of nitrogens with zero attached hydrogens (tertiary/aromatic N) is 1. The number of hydrogen-bond donors (Lipinski definition) is 1. The van der Waals surface area contributed by atoms with E-state index in [1.165, 1.54) is 0 Å². The molecular weight excluding hydrogens is 264 g/mol. The molecule has 1 unspecified atom stereocenters. The van der Waals surface area contributed by atoms with E-state index >= 15 is 0 Å². The van der Waals surface area contributed by atoms with Crippen LogP contribution >= 0.6 is 12.4 Å². The Hall–Kier alpha value is -1.10. The summed E-state index contributed by atoms with van der Waals surface area (Å²) in [5.41, 5.74) is 3.24. The number of benzene rings is 1. The second-order valence-electron chi connectivity index (χ2n) is 4.81. The van der Waals surface area contributed by atoms with Gasteiger partial charge in [-0.2, -0.15) is 0 Å². The summed E-state index contributed by atoms with van der Waals surface area (Å²) in [6, 6.07) is 6.13. The molecule has 106 valence electrons. The number of carbonyl (C=O) groups excluding carboxylic acids is 1. The molecule has 0 spiro atoms. The fourth-order valence-corrected chi connectivity index (χ4v) is 2.21. The number of morpholine rings is 1. The van der Waals surface area contributed by atoms with Gasteiger partial charge in [-0.05, 0) is 37.1 Å². The zero-order valence-corrected chi connectivity index (χ0v) is 12.4. The van der Waals surface area contributed by atoms with E-state index in [0.717, 1.165) is 23.4 Å². The second-order valence-corrected chi connectivity index (χ2v) is 4.81. The third-order valence-electron chi connectivity index (χ3n) is 3.13. The Morgan fingerprint density at radius 1 is 1.32 bits per heavy atom. The van der Waals surface area contributed by atoms with Crippen molar-refractivity contribution < 1.29 is 9.53 Å². The average molecular weight is 285 g/mol. The smallest absolute Gasteiger partial charge is 0.257 e. The number of nitrogens with one attached hydrogen (secondary N) is 1. The molecule has 0 radical (unpaired) electrons. The Kier molecular flexibility index (Phi) is 5.79. The van der Waals surface area contributed by atoms with Gasteiger partial charge < -0.3 is 15.0 Å². The van der Waals surface area contributed by atoms with Crippen molar-refractivity contribution in [3.05, 3.63) is 29.3 Å². The molecule has 1 heterocycles. The van der Waals surface area contributed by atoms with Crippen molar-refractivity contribution in [3.8, 4) is 0 Å². The van der Waals surface area contributed by atoms with E-state index in [-0.39, 0.29) is 24.4 Å². The highest BCUT2D eigenvalue weighted by Crippen LogP contribution is 2.18. The lowest BCUT2D eigenvalue weighted by Gasteiger charge is -2.27. The first kappa shape index (κ1) is 16.0. The van der Waals surface area contributed by atoms with E-state index in [1.807, 2.05) is 26.0 Å². The lowest BCUT2D eigenvalue weighted by Crippen LogP contribution is -2.48. The first-order valence-corrected chi connectivity index (χ1v) is 6.26. The van der Waals surface area contributed by atoms with E-state index in [2.05, 4.69) is 11.4 Å². The summed E-state index contributed by atoms with van der Waals surface area (Å²) < 4.78 is 5.49. The number of hydrogen-bond acceptors (Lipinski definition) is 3. The highest BCUT2D eigenvalue weighted by atomic mass is 35.5. The van der Waals surface area contributed by atoms with Crippen molar-refractivity contribution in [1.82, 2.24) is 5.32 Å². The van der Waals surface area contributed by atoms with Crippen LogP contribution in [0.1, 0.15) is 11.1 Å². The second kappa shape index (κ2) is 6.89. The minimum absolute atomic E-state index is 0. The molecule has 1 fully saturated rings. The van der Waals surface area contributed by atoms with Crippen LogP contribution in [0.2, 0.25) is 0 Å². The first-order chi connectivity index (χ1) is 8.58. The Labute approximate surface area is 120 Å². The van der Waals surface area contributed by atoms with Crippen LogP contribution in [-0.4, -0.2) is 38.8 Å². The molecule has 1 aromatic carbocycles. The Morgan fingerprint density at radius 2 is 1.95 bits per heavy atom. The van der Waals surface area contributed by atoms with Crippen molar-refractivity contribution in [2.75, 3.05) is 31.6 Å². The summed E-state index contributed by atoms with van der Waals surface area (Å²) in [5, 5.41) is 3.17. The largest absolute Gasteiger partial charge is 0.366 e. The molecule has 0 bridgehead atoms. The molecule has 0 saturated carbocycles. The van der Waals surface area contributed by atoms with Crippen LogP contribution in [0.15, 0.2) is 18.2 Å². The molecule has 2 rings (SSSR count). The number of anilines is 1. The maximum Gasteiger partial charge on any atom is 0.257 e. The van der Waals surface area contributed by atoms with Crippen LogP contribution in [0.5, 0.6) is 0 Å². The predicted molar refractivity (Wildman–Crippen MR) is 79.2 cm³/mol. The third-order valence-corrected chi connectivity index (χ3v) is 3.13. The molecule has 1 aliphatic heterocycles. The van der Waals surface area contributed by atoms with Gasteiger partial charge in [0.05, 0.1) is 6.61 Å². The van der Waals surface area contributed by atoms with Crippen molar-refractivity contribution >= 4 is 24.0 Å². The molecule has 4 nitrogen and oxygen atoms in total. The van der Waals surface area contributed by atoms with Crippen LogP contribution in [0.25, 0.3) is 0 Å². The molecule has 1 atom stereocenters. The van der Waals surface area contributed by atoms with Gasteiger partial charge in [-0.15, -0.1) is 12.4 Å². The van der Waals surface area contributed by atoms with E-state index in [4.69, 9.17) is 4.74 Å². The van der Waals surface area contributed by atoms with Gasteiger partial charge in [0.15, 0.2) is 0 Å². The predicted octanol–water partition coefficient (Wildman–Crippen LogP) is 1.68. The molecule has 1 aliphatic rings. The van der Waals surface area contributed by atoms with Crippen LogP contribution in [0.4, 0.5) is 5.69 Å². The van der Waals surface area contributed by atoms with Gasteiger partial charge in [-0.25, -0.2) is 0 Å². The van der Waals surface area contributed by atoms with Gasteiger partial charge in [0, 0.05) is 25.8 Å². The van der Waals surface area contributed by atoms with Crippen molar-refractivity contribution in [2.45, 2.75) is 20.0 Å². The number of likely N-dealkylation sites (N-methyl/N-ethyl adjacent to an activating group) is 1. The lowest BCUT2D eigenvalue weighted by atomic mass is 10.1. The van der Waals surface area contributed by atoms with Gasteiger partial charge in [0.25, 0.3) is 5.91 Å². The molecule has 0 aliphatic carbocycles. The summed E-state index contributed by atoms with van der Waals surface area (Å²) in [7, 11) is 1.80. The highest BCUT2D eigenvalue weighted by molar-refractivity contribution is 5.96. The van der Waals surface area contributed by atoms with Crippen LogP contribution in [0.3, 0.4) is 0 Å². The zero-order valence-electron chi connectivity index (χ0n) is 11.6. The fraction of sp³-hybridized carbons (Fsp3) is 0.500. The molecule has 1 aromatic rings. The van der Waals surface area contributed by atoms with Gasteiger partial charge >= 0.3 is 0 Å². The Balaban J connectivity index is 0.00000180. The van der Waals surface area contributed by atoms with Crippen molar-refractivity contribution in [2.24, 2.45) is 0 Å². The Bertz CT molecular complexity index is 425. The maximum absolute atomic E-state index is 12.3. The first-order valence-electron chi connectivity index (χ1n) is 6.26. The summed E-state index contributed by atoms with van der Waals surface area (Å²) >= 11 is 0. The molecule has 19 heavy (non-hydrogen) atoms. The van der Waals surface area contributed by atoms with Gasteiger partial charge in [0.1, 0.15) is 6.10 Å². The minimum atomic E-state index is -0.371. The van der Waals surface area contributed by atoms with Crippen LogP contribution in [-0.2, 0) is 9.53 Å². The fourth-order valence-electron chi connectivity index (χ4n) is 2.21. The number of aryl methyl sites for hydroxylation is 2. The number of halogens is 1. The molecular formula is C14H21ClN2O2. The monoisotopic (exact) mass is 284 g/mol. The van der Waals surface area contributed by atoms with Gasteiger partial charge in [-0.1, -0.05) is 6.07 Å². The molecule has 5 heteroatoms. The van der Waals surface area contributed by atoms with Crippen molar-refractivity contribution in [3.63, 3.8) is 0 Å². The number of ether oxygens (including phenoxy) is 1. The van der Waals surface area contributed by atoms with Gasteiger partial charge in [0.2, 0.25) is 0 Å². The summed E-state index contributed by atoms with van der Waals surface area (Å²) in [5.74, 6) is 0.00667. The zero-order chi connectivity index (χ0) is 13.1. The SMILES string of the molecule is Cc1cc(C)cc(N(C)C(=O)C2CNCCO2)c1.Cl. The minimum Gasteiger partial charge on any atom is -0.366 e. The van der Waals surface area contributed by atoms with Gasteiger partial charge in [-0.3, -0.25) is 4.79 Å². The van der Waals surface area contributed by atoms with E-state index in [9.17, 15) is 4.79 Å². The molecule has 1 saturated heterocycles. The third kappa shape index (κ3) is 3.93. The normalized spacial score (nSPS) is 18.6. The molecule has 1 N–H and O–H groups in total. The standard InChI is InChI=1S/C14H20N2O2.ClH/c1-10-6-11(2)8-12(7-10)16(3)14(17)13-9-15-4-5-18-13;/h6-8,13,15H,4-5,9H2,1-3H3;1H. The average Bonchev–Trinajstić information content (AvgIpc) is 2.37. The van der Waals surface area contributed by atoms with Crippen molar-refractivity contribution in [1.29, 1.82) is 0 Å². The van der Waals surface area contributed by atoms with Crippen LogP contribution in [0, 0.1) is 13.8 Å². The molecule has 1 amide bonds. The number of amides is 1. The Morgan fingerprint density at radius 3 is 2.47 bits per heavy atom. The maximum atomic E-state index is 12.3. The quantitative estimate of drug-likeness (QED) is 0.898. The lowest BCUT2D eigenvalue weighted by molar-refractivity contribution is -0.131. The summed E-state index contributed by atoms with van der Waals surface area (Å²) in [4.78, 5) is 14.0. The number of carbonyl (C=O) groups is 1. The summed E-state index contributed by atoms with van der Waals surface area (Å²) in [6.45, 7) is 6.07. The van der Waals surface area contributed by atoms with E-state index in [0.29, 0.717) is 13.2 Å². The molecule has 0 aromatic heterocycles. The van der Waals surface area contributed by atoms with E-state index < -0.39 is 0 Å². The topological polar surface area (TPSA) is 41.6 Å². The summed E-state index contributed by atoms with van der Waals surface area (Å²) in [6.07, 6.45) is -0.371. The highest BCUT2D eigenvalue weighted by Gasteiger charge is 2.25. The number of rotatable bonds is 2.